The topological polar surface area (TPSA) is 67.6 Å². The van der Waals surface area contributed by atoms with Gasteiger partial charge in [0.15, 0.2) is 0 Å². The fourth-order valence-corrected chi connectivity index (χ4v) is 4.66. The van der Waals surface area contributed by atoms with Gasteiger partial charge in [-0.3, -0.25) is 4.90 Å². The van der Waals surface area contributed by atoms with Crippen molar-refractivity contribution in [2.45, 2.75) is 43.8 Å². The predicted molar refractivity (Wildman–Crippen MR) is 117 cm³/mol. The van der Waals surface area contributed by atoms with Gasteiger partial charge in [0.2, 0.25) is 0 Å². The second-order valence-corrected chi connectivity index (χ2v) is 8.22. The van der Waals surface area contributed by atoms with Crippen molar-refractivity contribution in [3.8, 4) is 6.07 Å². The molecule has 5 heteroatoms. The standard InChI is InChI=1S/C25H27N3O2/c26-13-5-8-19-6-4-7-20(16-19)18-27-14-11-22(12-15-27)28(25(29)30)24-17-23(24)21-9-2-1-3-10-21/h1-10,16,22-24H,11-12,14-15,17-18H2,(H,29,30)/b8-5+/t23-,24+/m0/s1. The van der Waals surface area contributed by atoms with Gasteiger partial charge in [-0.2, -0.15) is 5.26 Å². The molecule has 2 aromatic rings. The third-order valence-electron chi connectivity index (χ3n) is 6.22. The van der Waals surface area contributed by atoms with E-state index in [-0.39, 0.29) is 12.1 Å². The van der Waals surface area contributed by atoms with Crippen molar-refractivity contribution in [3.05, 3.63) is 77.4 Å². The maximum atomic E-state index is 12.0. The molecule has 0 bridgehead atoms. The number of allylic oxidation sites excluding steroid dienone is 1. The van der Waals surface area contributed by atoms with Crippen LogP contribution in [0.3, 0.4) is 0 Å². The molecule has 30 heavy (non-hydrogen) atoms. The first-order chi connectivity index (χ1) is 14.7. The maximum Gasteiger partial charge on any atom is 0.407 e. The van der Waals surface area contributed by atoms with E-state index in [0.717, 1.165) is 44.5 Å². The molecule has 0 spiro atoms. The smallest absolute Gasteiger partial charge is 0.407 e. The molecule has 1 heterocycles. The fourth-order valence-electron chi connectivity index (χ4n) is 4.66. The first kappa shape index (κ1) is 20.2. The molecule has 4 rings (SSSR count). The molecule has 1 N–H and O–H groups in total. The van der Waals surface area contributed by atoms with E-state index in [1.54, 1.807) is 4.90 Å². The summed E-state index contributed by atoms with van der Waals surface area (Å²) >= 11 is 0. The van der Waals surface area contributed by atoms with E-state index >= 15 is 0 Å². The van der Waals surface area contributed by atoms with E-state index in [2.05, 4.69) is 29.2 Å². The molecule has 1 saturated carbocycles. The van der Waals surface area contributed by atoms with Gasteiger partial charge in [-0.05, 0) is 42.0 Å². The quantitative estimate of drug-likeness (QED) is 0.711. The number of carboxylic acid groups (broad SMARTS) is 1. The molecule has 1 aliphatic carbocycles. The third kappa shape index (κ3) is 4.72. The number of amides is 1. The zero-order chi connectivity index (χ0) is 20.9. The second kappa shape index (κ2) is 9.15. The van der Waals surface area contributed by atoms with Gasteiger partial charge in [-0.25, -0.2) is 4.79 Å². The van der Waals surface area contributed by atoms with E-state index in [4.69, 9.17) is 5.26 Å². The monoisotopic (exact) mass is 401 g/mol. The van der Waals surface area contributed by atoms with Crippen LogP contribution in [0.15, 0.2) is 60.7 Å². The van der Waals surface area contributed by atoms with Crippen molar-refractivity contribution in [1.82, 2.24) is 9.80 Å². The molecular weight excluding hydrogens is 374 g/mol. The van der Waals surface area contributed by atoms with Crippen molar-refractivity contribution in [3.63, 3.8) is 0 Å². The highest BCUT2D eigenvalue weighted by Gasteiger charge is 2.47. The lowest BCUT2D eigenvalue weighted by atomic mass is 10.0. The molecule has 1 saturated heterocycles. The van der Waals surface area contributed by atoms with Gasteiger partial charge < -0.3 is 10.0 Å². The highest BCUT2D eigenvalue weighted by atomic mass is 16.4. The van der Waals surface area contributed by atoms with E-state index < -0.39 is 6.09 Å². The van der Waals surface area contributed by atoms with E-state index in [1.165, 1.54) is 17.2 Å². The molecule has 2 aliphatic rings. The maximum absolute atomic E-state index is 12.0. The third-order valence-corrected chi connectivity index (χ3v) is 6.22. The first-order valence-corrected chi connectivity index (χ1v) is 10.6. The molecule has 1 aliphatic heterocycles. The molecule has 2 fully saturated rings. The van der Waals surface area contributed by atoms with E-state index in [1.807, 2.05) is 42.5 Å². The number of hydrogen-bond acceptors (Lipinski definition) is 3. The van der Waals surface area contributed by atoms with Crippen LogP contribution in [-0.2, 0) is 6.54 Å². The van der Waals surface area contributed by atoms with Crippen LogP contribution in [0.5, 0.6) is 0 Å². The highest BCUT2D eigenvalue weighted by molar-refractivity contribution is 5.67. The molecule has 5 nitrogen and oxygen atoms in total. The number of nitriles is 1. The van der Waals surface area contributed by atoms with Crippen LogP contribution in [0.2, 0.25) is 0 Å². The largest absolute Gasteiger partial charge is 0.465 e. The molecule has 0 unspecified atom stereocenters. The summed E-state index contributed by atoms with van der Waals surface area (Å²) in [7, 11) is 0. The molecule has 1 amide bonds. The lowest BCUT2D eigenvalue weighted by molar-refractivity contribution is 0.0834. The van der Waals surface area contributed by atoms with E-state index in [0.29, 0.717) is 5.92 Å². The molecular formula is C25H27N3O2. The summed E-state index contributed by atoms with van der Waals surface area (Å²) < 4.78 is 0. The Morgan fingerprint density at radius 1 is 1.17 bits per heavy atom. The minimum atomic E-state index is -0.783. The Morgan fingerprint density at radius 3 is 2.63 bits per heavy atom. The fraction of sp³-hybridized carbons (Fsp3) is 0.360. The van der Waals surface area contributed by atoms with Gasteiger partial charge in [0.25, 0.3) is 0 Å². The van der Waals surface area contributed by atoms with Crippen LogP contribution in [0.4, 0.5) is 4.79 Å². The van der Waals surface area contributed by atoms with Gasteiger partial charge in [-0.1, -0.05) is 54.6 Å². The van der Waals surface area contributed by atoms with Crippen LogP contribution < -0.4 is 0 Å². The Balaban J connectivity index is 1.34. The van der Waals surface area contributed by atoms with Crippen LogP contribution >= 0.6 is 0 Å². The summed E-state index contributed by atoms with van der Waals surface area (Å²) in [6.45, 7) is 2.65. The Morgan fingerprint density at radius 2 is 1.93 bits per heavy atom. The SMILES string of the molecule is N#C/C=C/c1cccc(CN2CCC(N(C(=O)O)[C@@H]3C[C@H]3c3ccccc3)CC2)c1. The summed E-state index contributed by atoms with van der Waals surface area (Å²) in [6, 6.07) is 20.7. The highest BCUT2D eigenvalue weighted by Crippen LogP contribution is 2.46. The normalized spacial score (nSPS) is 22.0. The number of rotatable bonds is 6. The van der Waals surface area contributed by atoms with Gasteiger partial charge in [0.05, 0.1) is 6.07 Å². The summed E-state index contributed by atoms with van der Waals surface area (Å²) in [4.78, 5) is 16.2. The number of nitrogens with zero attached hydrogens (tertiary/aromatic N) is 3. The summed E-state index contributed by atoms with van der Waals surface area (Å²) in [5, 5.41) is 18.6. The van der Waals surface area contributed by atoms with Crippen molar-refractivity contribution in [2.24, 2.45) is 0 Å². The Kier molecular flexibility index (Phi) is 6.15. The van der Waals surface area contributed by atoms with Gasteiger partial charge >= 0.3 is 6.09 Å². The van der Waals surface area contributed by atoms with Crippen molar-refractivity contribution in [1.29, 1.82) is 5.26 Å². The number of carbonyl (C=O) groups is 1. The molecule has 2 aromatic carbocycles. The number of likely N-dealkylation sites (tertiary alicyclic amines) is 1. The van der Waals surface area contributed by atoms with Crippen molar-refractivity contribution >= 4 is 12.2 Å². The van der Waals surface area contributed by atoms with Crippen molar-refractivity contribution < 1.29 is 9.90 Å². The van der Waals surface area contributed by atoms with Gasteiger partial charge in [-0.15, -0.1) is 0 Å². The Bertz CT molecular complexity index is 942. The predicted octanol–water partition coefficient (Wildman–Crippen LogP) is 4.72. The van der Waals surface area contributed by atoms with Crippen LogP contribution in [0.1, 0.15) is 41.9 Å². The van der Waals surface area contributed by atoms with Crippen LogP contribution in [0.25, 0.3) is 6.08 Å². The first-order valence-electron chi connectivity index (χ1n) is 10.6. The molecule has 2 atom stereocenters. The zero-order valence-corrected chi connectivity index (χ0v) is 17.0. The zero-order valence-electron chi connectivity index (χ0n) is 17.0. The second-order valence-electron chi connectivity index (χ2n) is 8.22. The summed E-state index contributed by atoms with van der Waals surface area (Å²) in [5.74, 6) is 0.338. The average molecular weight is 402 g/mol. The van der Waals surface area contributed by atoms with Crippen LogP contribution in [-0.4, -0.2) is 46.2 Å². The summed E-state index contributed by atoms with van der Waals surface area (Å²) in [5.41, 5.74) is 3.49. The van der Waals surface area contributed by atoms with Crippen LogP contribution in [0, 0.1) is 11.3 Å². The minimum Gasteiger partial charge on any atom is -0.465 e. The molecule has 0 aromatic heterocycles. The van der Waals surface area contributed by atoms with Crippen molar-refractivity contribution in [2.75, 3.05) is 13.1 Å². The summed E-state index contributed by atoms with van der Waals surface area (Å²) in [6.07, 6.45) is 5.20. The lowest BCUT2D eigenvalue weighted by Crippen LogP contribution is -2.48. The van der Waals surface area contributed by atoms with Gasteiger partial charge in [0, 0.05) is 43.7 Å². The average Bonchev–Trinajstić information content (AvgIpc) is 3.54. The number of benzene rings is 2. The van der Waals surface area contributed by atoms with Gasteiger partial charge in [0.1, 0.15) is 0 Å². The lowest BCUT2D eigenvalue weighted by Gasteiger charge is -2.37. The Hall–Kier alpha value is -3.10. The number of piperidine rings is 1. The minimum absolute atomic E-state index is 0.0994. The Labute approximate surface area is 177 Å². The number of hydrogen-bond donors (Lipinski definition) is 1. The molecule has 154 valence electrons. The molecule has 0 radical (unpaired) electrons. The van der Waals surface area contributed by atoms with E-state index in [9.17, 15) is 9.90 Å².